The Labute approximate surface area is 159 Å². The first kappa shape index (κ1) is 19.7. The summed E-state index contributed by atoms with van der Waals surface area (Å²) in [6.45, 7) is 6.84. The highest BCUT2D eigenvalue weighted by Gasteiger charge is 2.13. The Kier molecular flexibility index (Phi) is 7.41. The third-order valence-electron chi connectivity index (χ3n) is 3.41. The van der Waals surface area contributed by atoms with Gasteiger partial charge in [-0.05, 0) is 62.8 Å². The lowest BCUT2D eigenvalue weighted by molar-refractivity contribution is 0.0973. The molecule has 2 aromatic rings. The van der Waals surface area contributed by atoms with E-state index in [0.29, 0.717) is 24.5 Å². The van der Waals surface area contributed by atoms with Crippen molar-refractivity contribution in [3.8, 4) is 11.5 Å². The van der Waals surface area contributed by atoms with Crippen LogP contribution in [0.15, 0.2) is 48.5 Å². The van der Waals surface area contributed by atoms with Gasteiger partial charge in [0.1, 0.15) is 11.5 Å². The molecule has 0 aliphatic rings. The van der Waals surface area contributed by atoms with Gasteiger partial charge < -0.3 is 14.8 Å². The predicted octanol–water partition coefficient (Wildman–Crippen LogP) is 3.68. The zero-order chi connectivity index (χ0) is 18.9. The molecule has 0 unspecified atom stereocenters. The van der Waals surface area contributed by atoms with Gasteiger partial charge in [0.15, 0.2) is 5.11 Å². The van der Waals surface area contributed by atoms with Gasteiger partial charge in [0.05, 0.1) is 18.3 Å². The Hall–Kier alpha value is -2.60. The summed E-state index contributed by atoms with van der Waals surface area (Å²) < 4.78 is 11.1. The first-order valence-electron chi connectivity index (χ1n) is 8.56. The first-order valence-corrected chi connectivity index (χ1v) is 8.97. The van der Waals surface area contributed by atoms with Crippen molar-refractivity contribution in [1.82, 2.24) is 10.6 Å². The Morgan fingerprint density at radius 1 is 1.12 bits per heavy atom. The van der Waals surface area contributed by atoms with Crippen molar-refractivity contribution >= 4 is 23.2 Å². The number of carbonyl (C=O) groups excluding carboxylic acids is 1. The topological polar surface area (TPSA) is 59.6 Å². The maximum atomic E-state index is 12.4. The zero-order valence-corrected chi connectivity index (χ0v) is 16.1. The monoisotopic (exact) mass is 372 g/mol. The molecule has 0 aliphatic carbocycles. The molecule has 2 rings (SSSR count). The van der Waals surface area contributed by atoms with E-state index in [1.807, 2.05) is 51.1 Å². The minimum atomic E-state index is -0.299. The molecule has 0 spiro atoms. The van der Waals surface area contributed by atoms with E-state index < -0.39 is 0 Å². The molecule has 2 N–H and O–H groups in total. The van der Waals surface area contributed by atoms with Gasteiger partial charge in [-0.2, -0.15) is 0 Å². The third-order valence-corrected chi connectivity index (χ3v) is 3.65. The minimum absolute atomic E-state index is 0.140. The lowest BCUT2D eigenvalue weighted by Gasteiger charge is -2.13. The Bertz CT molecular complexity index is 745. The average Bonchev–Trinajstić information content (AvgIpc) is 2.61. The van der Waals surface area contributed by atoms with E-state index in [9.17, 15) is 4.79 Å². The van der Waals surface area contributed by atoms with Crippen molar-refractivity contribution in [3.63, 3.8) is 0 Å². The molecule has 2 aromatic carbocycles. The summed E-state index contributed by atoms with van der Waals surface area (Å²) in [5.74, 6) is 1.07. The smallest absolute Gasteiger partial charge is 0.261 e. The number of amides is 1. The second-order valence-corrected chi connectivity index (χ2v) is 6.28. The number of hydrogen-bond acceptors (Lipinski definition) is 4. The van der Waals surface area contributed by atoms with E-state index in [2.05, 4.69) is 10.6 Å². The molecule has 0 aliphatic heterocycles. The van der Waals surface area contributed by atoms with Crippen molar-refractivity contribution < 1.29 is 14.3 Å². The first-order chi connectivity index (χ1) is 12.5. The second kappa shape index (κ2) is 9.77. The summed E-state index contributed by atoms with van der Waals surface area (Å²) in [6, 6.07) is 14.8. The fraction of sp³-hybridized carbons (Fsp3) is 0.300. The highest BCUT2D eigenvalue weighted by molar-refractivity contribution is 7.80. The molecule has 0 atom stereocenters. The van der Waals surface area contributed by atoms with Gasteiger partial charge in [0, 0.05) is 6.54 Å². The maximum absolute atomic E-state index is 12.4. The third kappa shape index (κ3) is 6.04. The van der Waals surface area contributed by atoms with E-state index >= 15 is 0 Å². The summed E-state index contributed by atoms with van der Waals surface area (Å²) in [7, 11) is 0. The second-order valence-electron chi connectivity index (χ2n) is 5.88. The molecule has 26 heavy (non-hydrogen) atoms. The highest BCUT2D eigenvalue weighted by atomic mass is 32.1. The van der Waals surface area contributed by atoms with Crippen molar-refractivity contribution in [1.29, 1.82) is 0 Å². The van der Waals surface area contributed by atoms with Crippen LogP contribution in [0.1, 0.15) is 36.7 Å². The number of ether oxygens (including phenoxy) is 2. The summed E-state index contributed by atoms with van der Waals surface area (Å²) in [5, 5.41) is 5.98. The number of hydrogen-bond donors (Lipinski definition) is 2. The summed E-state index contributed by atoms with van der Waals surface area (Å²) in [5.41, 5.74) is 1.49. The Morgan fingerprint density at radius 3 is 2.46 bits per heavy atom. The van der Waals surface area contributed by atoms with E-state index in [-0.39, 0.29) is 17.1 Å². The molecule has 5 nitrogen and oxygen atoms in total. The number of nitrogens with one attached hydrogen (secondary N) is 2. The van der Waals surface area contributed by atoms with Crippen LogP contribution >= 0.6 is 12.2 Å². The fourth-order valence-corrected chi connectivity index (χ4v) is 2.46. The van der Waals surface area contributed by atoms with Crippen LogP contribution in [0, 0.1) is 0 Å². The molecular weight excluding hydrogens is 348 g/mol. The van der Waals surface area contributed by atoms with Crippen molar-refractivity contribution in [2.75, 3.05) is 6.61 Å². The standard InChI is InChI=1S/C20H24N2O3S/c1-4-24-18-8-6-5-7-17(18)19(23)22-20(26)21-13-15-9-11-16(12-10-15)25-14(2)3/h5-12,14H,4,13H2,1-3H3,(H2,21,22,23,26). The molecule has 0 fully saturated rings. The van der Waals surface area contributed by atoms with Crippen LogP contribution in [0.2, 0.25) is 0 Å². The van der Waals surface area contributed by atoms with Gasteiger partial charge in [0.25, 0.3) is 5.91 Å². The number of carbonyl (C=O) groups is 1. The van der Waals surface area contributed by atoms with E-state index in [1.54, 1.807) is 18.2 Å². The zero-order valence-electron chi connectivity index (χ0n) is 15.2. The van der Waals surface area contributed by atoms with Crippen molar-refractivity contribution in [3.05, 3.63) is 59.7 Å². The Morgan fingerprint density at radius 2 is 1.81 bits per heavy atom. The van der Waals surface area contributed by atoms with Gasteiger partial charge in [-0.15, -0.1) is 0 Å². The van der Waals surface area contributed by atoms with E-state index in [1.165, 1.54) is 0 Å². The van der Waals surface area contributed by atoms with Gasteiger partial charge in [-0.3, -0.25) is 10.1 Å². The van der Waals surface area contributed by atoms with Gasteiger partial charge in [-0.25, -0.2) is 0 Å². The number of benzene rings is 2. The molecule has 0 saturated heterocycles. The maximum Gasteiger partial charge on any atom is 0.261 e. The molecule has 0 heterocycles. The van der Waals surface area contributed by atoms with Crippen LogP contribution < -0.4 is 20.1 Å². The number of rotatable bonds is 7. The predicted molar refractivity (Wildman–Crippen MR) is 107 cm³/mol. The average molecular weight is 372 g/mol. The number of thiocarbonyl (C=S) groups is 1. The molecule has 6 heteroatoms. The van der Waals surface area contributed by atoms with Crippen molar-refractivity contribution in [2.45, 2.75) is 33.4 Å². The molecule has 1 amide bonds. The lowest BCUT2D eigenvalue weighted by Crippen LogP contribution is -2.39. The molecule has 0 bridgehead atoms. The number of para-hydroxylation sites is 1. The normalized spacial score (nSPS) is 10.3. The van der Waals surface area contributed by atoms with Gasteiger partial charge in [0.2, 0.25) is 0 Å². The summed E-state index contributed by atoms with van der Waals surface area (Å²) >= 11 is 5.21. The molecule has 0 aromatic heterocycles. The largest absolute Gasteiger partial charge is 0.493 e. The van der Waals surface area contributed by atoms with E-state index in [0.717, 1.165) is 11.3 Å². The minimum Gasteiger partial charge on any atom is -0.493 e. The Balaban J connectivity index is 1.88. The molecular formula is C20H24N2O3S. The molecule has 138 valence electrons. The fourth-order valence-electron chi connectivity index (χ4n) is 2.29. The molecule has 0 radical (unpaired) electrons. The quantitative estimate of drug-likeness (QED) is 0.726. The summed E-state index contributed by atoms with van der Waals surface area (Å²) in [4.78, 5) is 12.4. The van der Waals surface area contributed by atoms with Crippen LogP contribution in [0.5, 0.6) is 11.5 Å². The van der Waals surface area contributed by atoms with Crippen LogP contribution in [-0.2, 0) is 6.54 Å². The van der Waals surface area contributed by atoms with Crippen LogP contribution in [0.25, 0.3) is 0 Å². The summed E-state index contributed by atoms with van der Waals surface area (Å²) in [6.07, 6.45) is 0.140. The van der Waals surface area contributed by atoms with Crippen molar-refractivity contribution in [2.24, 2.45) is 0 Å². The van der Waals surface area contributed by atoms with Crippen LogP contribution in [-0.4, -0.2) is 23.7 Å². The SMILES string of the molecule is CCOc1ccccc1C(=O)NC(=S)NCc1ccc(OC(C)C)cc1. The highest BCUT2D eigenvalue weighted by Crippen LogP contribution is 2.17. The van der Waals surface area contributed by atoms with Crippen LogP contribution in [0.4, 0.5) is 0 Å². The van der Waals surface area contributed by atoms with Gasteiger partial charge >= 0.3 is 0 Å². The lowest BCUT2D eigenvalue weighted by atomic mass is 10.2. The van der Waals surface area contributed by atoms with Crippen LogP contribution in [0.3, 0.4) is 0 Å². The van der Waals surface area contributed by atoms with Gasteiger partial charge in [-0.1, -0.05) is 24.3 Å². The molecule has 0 saturated carbocycles. The van der Waals surface area contributed by atoms with E-state index in [4.69, 9.17) is 21.7 Å².